The Hall–Kier alpha value is -4.57. The Kier molecular flexibility index (Phi) is 8.35. The number of benzene rings is 1. The van der Waals surface area contributed by atoms with Gasteiger partial charge < -0.3 is 19.9 Å². The van der Waals surface area contributed by atoms with Crippen LogP contribution in [-0.2, 0) is 12.7 Å². The summed E-state index contributed by atoms with van der Waals surface area (Å²) in [6.45, 7) is 4.48. The third kappa shape index (κ3) is 6.33. The Morgan fingerprint density at radius 2 is 1.79 bits per heavy atom. The minimum atomic E-state index is -4.53. The molecule has 0 amide bonds. The van der Waals surface area contributed by atoms with Gasteiger partial charge in [0.1, 0.15) is 24.0 Å². The molecule has 0 spiro atoms. The predicted octanol–water partition coefficient (Wildman–Crippen LogP) is 4.65. The van der Waals surface area contributed by atoms with E-state index in [0.717, 1.165) is 30.3 Å². The van der Waals surface area contributed by atoms with Crippen molar-refractivity contribution in [2.24, 2.45) is 5.73 Å². The molecule has 1 saturated carbocycles. The number of aromatic nitrogens is 7. The zero-order valence-corrected chi connectivity index (χ0v) is 23.4. The van der Waals surface area contributed by atoms with Crippen LogP contribution in [0.4, 0.5) is 19.1 Å². The van der Waals surface area contributed by atoms with Crippen LogP contribution < -0.4 is 15.4 Å². The van der Waals surface area contributed by atoms with Gasteiger partial charge in [-0.1, -0.05) is 36.1 Å². The van der Waals surface area contributed by atoms with Gasteiger partial charge in [-0.15, -0.1) is 0 Å². The van der Waals surface area contributed by atoms with E-state index in [1.807, 2.05) is 30.9 Å². The molecule has 42 heavy (non-hydrogen) atoms. The molecule has 2 N–H and O–H groups in total. The molecule has 13 heteroatoms. The maximum Gasteiger partial charge on any atom is 0.434 e. The first kappa shape index (κ1) is 28.9. The Labute approximate surface area is 241 Å². The zero-order chi connectivity index (χ0) is 29.9. The first-order chi connectivity index (χ1) is 20.2. The monoisotopic (exact) mass is 577 g/mol. The van der Waals surface area contributed by atoms with Crippen LogP contribution in [0.1, 0.15) is 55.6 Å². The van der Waals surface area contributed by atoms with Crippen molar-refractivity contribution in [3.63, 3.8) is 0 Å². The Morgan fingerprint density at radius 3 is 2.43 bits per heavy atom. The fourth-order valence-electron chi connectivity index (χ4n) is 4.51. The normalized spacial score (nSPS) is 13.1. The molecule has 0 aliphatic heterocycles. The molecule has 3 heterocycles. The first-order valence-corrected chi connectivity index (χ1v) is 13.4. The molecule has 1 fully saturated rings. The molecule has 218 valence electrons. The van der Waals surface area contributed by atoms with Crippen LogP contribution in [0.5, 0.6) is 5.88 Å². The van der Waals surface area contributed by atoms with E-state index in [-0.39, 0.29) is 25.0 Å². The van der Waals surface area contributed by atoms with E-state index >= 15 is 0 Å². The van der Waals surface area contributed by atoms with Gasteiger partial charge >= 0.3 is 6.18 Å². The highest BCUT2D eigenvalue weighted by Gasteiger charge is 2.35. The summed E-state index contributed by atoms with van der Waals surface area (Å²) in [5.74, 6) is 7.62. The van der Waals surface area contributed by atoms with Crippen LogP contribution in [0.15, 0.2) is 43.1 Å². The van der Waals surface area contributed by atoms with Crippen LogP contribution in [0, 0.1) is 11.8 Å². The Bertz CT molecular complexity index is 1600. The van der Waals surface area contributed by atoms with Crippen molar-refractivity contribution in [2.75, 3.05) is 25.1 Å². The van der Waals surface area contributed by atoms with Crippen LogP contribution in [0.25, 0.3) is 22.8 Å². The number of hydrogen-bond acceptors (Lipinski definition) is 9. The topological polar surface area (TPSA) is 121 Å². The minimum absolute atomic E-state index is 0.202. The Balaban J connectivity index is 1.45. The number of methoxy groups -OCH3 is 1. The number of imidazole rings is 1. The van der Waals surface area contributed by atoms with Crippen molar-refractivity contribution in [1.82, 2.24) is 34.5 Å². The minimum Gasteiger partial charge on any atom is -0.480 e. The molecular formula is C29H30F3N9O. The third-order valence-electron chi connectivity index (χ3n) is 6.73. The number of hydrogen-bond donors (Lipinski definition) is 1. The summed E-state index contributed by atoms with van der Waals surface area (Å²) < 4.78 is 47.1. The average Bonchev–Trinajstić information content (AvgIpc) is 3.72. The third-order valence-corrected chi connectivity index (χ3v) is 6.73. The largest absolute Gasteiger partial charge is 0.480 e. The molecular weight excluding hydrogens is 547 g/mol. The summed E-state index contributed by atoms with van der Waals surface area (Å²) in [6, 6.07) is 6.99. The molecule has 0 radical (unpaired) electrons. The standard InChI is InChI=1S/C29H30F3N9O/c1-18(2)41-15-22(29(30,31)32)38-26(41)21-8-6-19(7-9-21)14-40(13-5-4-12-33)28-37-17-35-25(39-28)23-24(20-10-11-20)34-16-36-27(23)42-3/h6-9,15-18,20H,10-14,33H2,1-3H3. The quantitative estimate of drug-likeness (QED) is 0.284. The molecule has 3 aromatic heterocycles. The molecule has 1 aromatic carbocycles. The van der Waals surface area contributed by atoms with Crippen LogP contribution in [0.2, 0.25) is 0 Å². The van der Waals surface area contributed by atoms with Crippen molar-refractivity contribution in [3.8, 4) is 40.5 Å². The maximum absolute atomic E-state index is 13.4. The number of alkyl halides is 3. The molecule has 5 rings (SSSR count). The highest BCUT2D eigenvalue weighted by Crippen LogP contribution is 2.44. The highest BCUT2D eigenvalue weighted by atomic mass is 19.4. The van der Waals surface area contributed by atoms with Crippen LogP contribution in [-0.4, -0.2) is 54.7 Å². The van der Waals surface area contributed by atoms with Gasteiger partial charge in [0.25, 0.3) is 0 Å². The predicted molar refractivity (Wildman–Crippen MR) is 150 cm³/mol. The van der Waals surface area contributed by atoms with Gasteiger partial charge in [0.15, 0.2) is 11.5 Å². The van der Waals surface area contributed by atoms with E-state index in [9.17, 15) is 13.2 Å². The smallest absolute Gasteiger partial charge is 0.434 e. The molecule has 0 unspecified atom stereocenters. The average molecular weight is 578 g/mol. The lowest BCUT2D eigenvalue weighted by atomic mass is 10.1. The van der Waals surface area contributed by atoms with Gasteiger partial charge in [0, 0.05) is 30.3 Å². The second-order valence-electron chi connectivity index (χ2n) is 10.1. The molecule has 0 atom stereocenters. The lowest BCUT2D eigenvalue weighted by molar-refractivity contribution is -0.140. The SMILES string of the molecule is COc1ncnc(C2CC2)c1-c1ncnc(N(CC#CCN)Cc2ccc(-c3nc(C(F)(F)F)cn3C(C)C)cc2)n1. The van der Waals surface area contributed by atoms with Gasteiger partial charge in [-0.25, -0.2) is 24.9 Å². The number of halogens is 3. The number of nitrogens with zero attached hydrogens (tertiary/aromatic N) is 8. The van der Waals surface area contributed by atoms with E-state index in [1.165, 1.54) is 17.2 Å². The number of anilines is 1. The van der Waals surface area contributed by atoms with Gasteiger partial charge in [0.05, 0.1) is 25.9 Å². The van der Waals surface area contributed by atoms with E-state index in [0.29, 0.717) is 41.2 Å². The molecule has 0 saturated heterocycles. The van der Waals surface area contributed by atoms with Gasteiger partial charge in [-0.3, -0.25) is 0 Å². The summed E-state index contributed by atoms with van der Waals surface area (Å²) in [5.41, 5.74) is 7.59. The summed E-state index contributed by atoms with van der Waals surface area (Å²) in [5, 5.41) is 0. The number of rotatable bonds is 9. The van der Waals surface area contributed by atoms with E-state index < -0.39 is 11.9 Å². The summed E-state index contributed by atoms with van der Waals surface area (Å²) in [6.07, 6.45) is 1.48. The molecule has 1 aliphatic carbocycles. The molecule has 10 nitrogen and oxygen atoms in total. The van der Waals surface area contributed by atoms with Gasteiger partial charge in [-0.05, 0) is 32.3 Å². The van der Waals surface area contributed by atoms with E-state index in [4.69, 9.17) is 15.5 Å². The van der Waals surface area contributed by atoms with Crippen LogP contribution in [0.3, 0.4) is 0 Å². The van der Waals surface area contributed by atoms with Gasteiger partial charge in [-0.2, -0.15) is 18.2 Å². The zero-order valence-electron chi connectivity index (χ0n) is 23.4. The Morgan fingerprint density at radius 1 is 1.05 bits per heavy atom. The molecule has 4 aromatic rings. The summed E-state index contributed by atoms with van der Waals surface area (Å²) in [4.78, 5) is 28.1. The van der Waals surface area contributed by atoms with Crippen molar-refractivity contribution < 1.29 is 17.9 Å². The van der Waals surface area contributed by atoms with E-state index in [2.05, 4.69) is 36.8 Å². The maximum atomic E-state index is 13.4. The second-order valence-corrected chi connectivity index (χ2v) is 10.1. The van der Waals surface area contributed by atoms with Crippen molar-refractivity contribution >= 4 is 5.95 Å². The summed E-state index contributed by atoms with van der Waals surface area (Å²) >= 11 is 0. The first-order valence-electron chi connectivity index (χ1n) is 13.4. The van der Waals surface area contributed by atoms with Crippen molar-refractivity contribution in [1.29, 1.82) is 0 Å². The lowest BCUT2D eigenvalue weighted by Crippen LogP contribution is -2.25. The molecule has 0 bridgehead atoms. The van der Waals surface area contributed by atoms with Crippen LogP contribution >= 0.6 is 0 Å². The lowest BCUT2D eigenvalue weighted by Gasteiger charge is -2.21. The fraction of sp³-hybridized carbons (Fsp3) is 0.379. The molecule has 1 aliphatic rings. The number of ether oxygens (including phenoxy) is 1. The van der Waals surface area contributed by atoms with E-state index in [1.54, 1.807) is 19.2 Å². The highest BCUT2D eigenvalue weighted by molar-refractivity contribution is 5.66. The fourth-order valence-corrected chi connectivity index (χ4v) is 4.51. The van der Waals surface area contributed by atoms with Crippen molar-refractivity contribution in [2.45, 2.75) is 51.4 Å². The van der Waals surface area contributed by atoms with Gasteiger partial charge in [0.2, 0.25) is 11.8 Å². The second kappa shape index (κ2) is 12.1. The summed E-state index contributed by atoms with van der Waals surface area (Å²) in [7, 11) is 1.54. The van der Waals surface area contributed by atoms with Crippen molar-refractivity contribution in [3.05, 3.63) is 60.1 Å². The number of nitrogens with two attached hydrogens (primary N) is 1.